The molecule has 0 saturated carbocycles. The van der Waals surface area contributed by atoms with Gasteiger partial charge in [-0.2, -0.15) is 0 Å². The normalized spacial score (nSPS) is 12.2. The number of rotatable bonds is 10. The molecule has 0 radical (unpaired) electrons. The summed E-state index contributed by atoms with van der Waals surface area (Å²) < 4.78 is 4.97. The van der Waals surface area contributed by atoms with Crippen molar-refractivity contribution in [1.82, 2.24) is 0 Å². The summed E-state index contributed by atoms with van der Waals surface area (Å²) in [6.45, 7) is 7.74. The molecule has 0 bridgehead atoms. The van der Waals surface area contributed by atoms with Gasteiger partial charge in [-0.3, -0.25) is 0 Å². The van der Waals surface area contributed by atoms with Gasteiger partial charge in [-0.05, 0) is 32.6 Å². The van der Waals surface area contributed by atoms with Gasteiger partial charge < -0.3 is 9.84 Å². The minimum Gasteiger partial charge on any atom is -0.462 e. The first-order chi connectivity index (χ1) is 8.07. The summed E-state index contributed by atoms with van der Waals surface area (Å²) in [7, 11) is 0. The third kappa shape index (κ3) is 10.1. The average Bonchev–Trinajstić information content (AvgIpc) is 2.30. The van der Waals surface area contributed by atoms with E-state index in [0.29, 0.717) is 12.2 Å². The maximum Gasteiger partial charge on any atom is 0.333 e. The maximum absolute atomic E-state index is 11.0. The topological polar surface area (TPSA) is 46.5 Å². The molecule has 0 aromatic heterocycles. The fraction of sp³-hybridized carbons (Fsp3) is 0.786. The Morgan fingerprint density at radius 1 is 1.24 bits per heavy atom. The number of carbonyl (C=O) groups is 1. The largest absolute Gasteiger partial charge is 0.462 e. The Balaban J connectivity index is 3.29. The summed E-state index contributed by atoms with van der Waals surface area (Å²) in [5.74, 6) is -0.312. The second-order valence-corrected chi connectivity index (χ2v) is 4.56. The van der Waals surface area contributed by atoms with Gasteiger partial charge in [-0.1, -0.05) is 32.8 Å². The predicted octanol–water partition coefficient (Wildman–Crippen LogP) is 3.22. The van der Waals surface area contributed by atoms with Crippen LogP contribution in [0.15, 0.2) is 12.2 Å². The van der Waals surface area contributed by atoms with Crippen LogP contribution in [0, 0.1) is 0 Å². The van der Waals surface area contributed by atoms with Gasteiger partial charge in [0.2, 0.25) is 0 Å². The zero-order valence-electron chi connectivity index (χ0n) is 11.2. The molecule has 1 N–H and O–H groups in total. The molecule has 0 aliphatic rings. The van der Waals surface area contributed by atoms with Crippen LogP contribution in [0.25, 0.3) is 0 Å². The summed E-state index contributed by atoms with van der Waals surface area (Å²) in [5.41, 5.74) is 0.444. The molecule has 0 aromatic rings. The number of hydrogen-bond donors (Lipinski definition) is 1. The average molecular weight is 242 g/mol. The van der Waals surface area contributed by atoms with Crippen LogP contribution in [0.1, 0.15) is 58.8 Å². The molecule has 1 atom stereocenters. The molecule has 0 rings (SSSR count). The molecular weight excluding hydrogens is 216 g/mol. The quantitative estimate of drug-likeness (QED) is 0.363. The molecule has 3 nitrogen and oxygen atoms in total. The van der Waals surface area contributed by atoms with Crippen molar-refractivity contribution in [2.24, 2.45) is 0 Å². The molecule has 0 saturated heterocycles. The lowest BCUT2D eigenvalue weighted by atomic mass is 10.1. The first-order valence-corrected chi connectivity index (χ1v) is 6.58. The van der Waals surface area contributed by atoms with E-state index in [-0.39, 0.29) is 12.1 Å². The molecule has 0 spiro atoms. The van der Waals surface area contributed by atoms with Crippen molar-refractivity contribution in [3.63, 3.8) is 0 Å². The van der Waals surface area contributed by atoms with E-state index in [2.05, 4.69) is 13.5 Å². The molecule has 0 aliphatic heterocycles. The number of carbonyl (C=O) groups excluding carboxylic acids is 1. The van der Waals surface area contributed by atoms with Crippen molar-refractivity contribution in [1.29, 1.82) is 0 Å². The fourth-order valence-corrected chi connectivity index (χ4v) is 1.53. The first kappa shape index (κ1) is 16.2. The second-order valence-electron chi connectivity index (χ2n) is 4.56. The molecule has 17 heavy (non-hydrogen) atoms. The lowest BCUT2D eigenvalue weighted by Gasteiger charge is -2.09. The number of aliphatic hydroxyl groups is 1. The van der Waals surface area contributed by atoms with E-state index in [0.717, 1.165) is 44.9 Å². The maximum atomic E-state index is 11.0. The van der Waals surface area contributed by atoms with Gasteiger partial charge in [0, 0.05) is 5.57 Å². The van der Waals surface area contributed by atoms with Crippen LogP contribution in [-0.4, -0.2) is 23.8 Å². The summed E-state index contributed by atoms with van der Waals surface area (Å²) >= 11 is 0. The van der Waals surface area contributed by atoms with Crippen LogP contribution >= 0.6 is 0 Å². The van der Waals surface area contributed by atoms with Crippen molar-refractivity contribution in [3.8, 4) is 0 Å². The monoisotopic (exact) mass is 242 g/mol. The Bertz CT molecular complexity index is 224. The van der Waals surface area contributed by atoms with Crippen LogP contribution in [0.4, 0.5) is 0 Å². The lowest BCUT2D eigenvalue weighted by molar-refractivity contribution is -0.139. The van der Waals surface area contributed by atoms with Crippen molar-refractivity contribution >= 4 is 5.97 Å². The van der Waals surface area contributed by atoms with Gasteiger partial charge in [0.25, 0.3) is 0 Å². The molecule has 100 valence electrons. The Morgan fingerprint density at radius 2 is 1.88 bits per heavy atom. The summed E-state index contributed by atoms with van der Waals surface area (Å²) in [5, 5.41) is 9.60. The van der Waals surface area contributed by atoms with Gasteiger partial charge >= 0.3 is 5.97 Å². The highest BCUT2D eigenvalue weighted by Gasteiger charge is 2.04. The summed E-state index contributed by atoms with van der Waals surface area (Å²) in [4.78, 5) is 11.0. The van der Waals surface area contributed by atoms with Crippen molar-refractivity contribution in [3.05, 3.63) is 12.2 Å². The predicted molar refractivity (Wildman–Crippen MR) is 69.8 cm³/mol. The number of ether oxygens (including phenoxy) is 1. The first-order valence-electron chi connectivity index (χ1n) is 6.58. The van der Waals surface area contributed by atoms with Gasteiger partial charge in [-0.25, -0.2) is 4.79 Å². The highest BCUT2D eigenvalue weighted by atomic mass is 16.5. The zero-order chi connectivity index (χ0) is 13.1. The van der Waals surface area contributed by atoms with E-state index in [9.17, 15) is 9.90 Å². The number of unbranched alkanes of at least 4 members (excludes halogenated alkanes) is 3. The van der Waals surface area contributed by atoms with Crippen LogP contribution in [0.3, 0.4) is 0 Å². The van der Waals surface area contributed by atoms with Crippen LogP contribution in [0.5, 0.6) is 0 Å². The van der Waals surface area contributed by atoms with Crippen molar-refractivity contribution in [2.45, 2.75) is 64.9 Å². The van der Waals surface area contributed by atoms with Gasteiger partial charge in [0.05, 0.1) is 12.7 Å². The minimum atomic E-state index is -0.312. The van der Waals surface area contributed by atoms with Crippen LogP contribution < -0.4 is 0 Å². The third-order valence-electron chi connectivity index (χ3n) is 2.65. The Hall–Kier alpha value is -0.830. The Kier molecular flexibility index (Phi) is 9.83. The van der Waals surface area contributed by atoms with E-state index in [1.165, 1.54) is 0 Å². The Morgan fingerprint density at radius 3 is 2.47 bits per heavy atom. The van der Waals surface area contributed by atoms with Crippen LogP contribution in [-0.2, 0) is 9.53 Å². The summed E-state index contributed by atoms with van der Waals surface area (Å²) in [6.07, 6.45) is 6.68. The second kappa shape index (κ2) is 10.3. The van der Waals surface area contributed by atoms with Crippen molar-refractivity contribution in [2.75, 3.05) is 6.61 Å². The molecule has 0 heterocycles. The van der Waals surface area contributed by atoms with Crippen LogP contribution in [0.2, 0.25) is 0 Å². The number of aliphatic hydroxyl groups excluding tert-OH is 1. The fourth-order valence-electron chi connectivity index (χ4n) is 1.53. The smallest absolute Gasteiger partial charge is 0.333 e. The van der Waals surface area contributed by atoms with Crippen molar-refractivity contribution < 1.29 is 14.6 Å². The van der Waals surface area contributed by atoms with E-state index in [1.54, 1.807) is 6.92 Å². The molecule has 1 unspecified atom stereocenters. The SMILES string of the molecule is C=C(C)C(=O)OCCCCCC(O)CCCC. The minimum absolute atomic E-state index is 0.159. The molecule has 0 amide bonds. The van der Waals surface area contributed by atoms with Gasteiger partial charge in [0.1, 0.15) is 0 Å². The van der Waals surface area contributed by atoms with E-state index >= 15 is 0 Å². The molecule has 3 heteroatoms. The lowest BCUT2D eigenvalue weighted by Crippen LogP contribution is -2.07. The van der Waals surface area contributed by atoms with E-state index in [4.69, 9.17) is 4.74 Å². The zero-order valence-corrected chi connectivity index (χ0v) is 11.2. The third-order valence-corrected chi connectivity index (χ3v) is 2.65. The molecule has 0 aliphatic carbocycles. The highest BCUT2D eigenvalue weighted by Crippen LogP contribution is 2.09. The number of esters is 1. The standard InChI is InChI=1S/C14H26O3/c1-4-5-9-13(15)10-7-6-8-11-17-14(16)12(2)3/h13,15H,2,4-11H2,1,3H3. The van der Waals surface area contributed by atoms with E-state index in [1.807, 2.05) is 0 Å². The molecule has 0 aromatic carbocycles. The van der Waals surface area contributed by atoms with Gasteiger partial charge in [0.15, 0.2) is 0 Å². The van der Waals surface area contributed by atoms with Gasteiger partial charge in [-0.15, -0.1) is 0 Å². The highest BCUT2D eigenvalue weighted by molar-refractivity contribution is 5.86. The molecular formula is C14H26O3. The molecule has 0 fully saturated rings. The summed E-state index contributed by atoms with van der Waals surface area (Å²) in [6, 6.07) is 0. The Labute approximate surface area is 105 Å². The van der Waals surface area contributed by atoms with E-state index < -0.39 is 0 Å². The number of hydrogen-bond acceptors (Lipinski definition) is 3.